The molecule has 1 fully saturated rings. The number of hydrogen-bond acceptors (Lipinski definition) is 2. The molecular weight excluding hydrogens is 250 g/mol. The summed E-state index contributed by atoms with van der Waals surface area (Å²) < 4.78 is 0. The fraction of sp³-hybridized carbons (Fsp3) is 0.706. The van der Waals surface area contributed by atoms with E-state index >= 15 is 0 Å². The molecule has 20 heavy (non-hydrogen) atoms. The summed E-state index contributed by atoms with van der Waals surface area (Å²) in [5, 5.41) is 13.5. The van der Waals surface area contributed by atoms with Gasteiger partial charge in [0, 0.05) is 5.92 Å². The van der Waals surface area contributed by atoms with E-state index in [1.165, 1.54) is 18.4 Å². The smallest absolute Gasteiger partial charge is 0.222 e. The first-order valence-corrected chi connectivity index (χ1v) is 7.93. The number of allylic oxidation sites excluding steroid dienone is 3. The number of carbonyl (C=O) groups excluding carboxylic acids is 1. The SMILES string of the molecule is CC(C)C(=O)N[C@@H]1C(O)C=C2CCC[C@@H]3C=CC[C@H]1[C@H]23. The predicted molar refractivity (Wildman–Crippen MR) is 78.9 cm³/mol. The van der Waals surface area contributed by atoms with Crippen LogP contribution in [0.15, 0.2) is 23.8 Å². The zero-order valence-electron chi connectivity index (χ0n) is 12.4. The van der Waals surface area contributed by atoms with E-state index in [2.05, 4.69) is 17.5 Å². The third kappa shape index (κ3) is 2.32. The number of rotatable bonds is 2. The largest absolute Gasteiger partial charge is 0.387 e. The average molecular weight is 275 g/mol. The van der Waals surface area contributed by atoms with Gasteiger partial charge in [0.05, 0.1) is 12.1 Å². The molecule has 0 aromatic heterocycles. The summed E-state index contributed by atoms with van der Waals surface area (Å²) in [7, 11) is 0. The van der Waals surface area contributed by atoms with Crippen molar-refractivity contribution in [2.45, 2.75) is 51.7 Å². The Kier molecular flexibility index (Phi) is 3.72. The Hall–Kier alpha value is -1.09. The molecule has 0 bridgehead atoms. The molecule has 110 valence electrons. The van der Waals surface area contributed by atoms with Crippen molar-refractivity contribution < 1.29 is 9.90 Å². The van der Waals surface area contributed by atoms with Gasteiger partial charge in [-0.1, -0.05) is 37.6 Å². The summed E-state index contributed by atoms with van der Waals surface area (Å²) >= 11 is 0. The van der Waals surface area contributed by atoms with Crippen LogP contribution in [0.4, 0.5) is 0 Å². The maximum absolute atomic E-state index is 12.0. The van der Waals surface area contributed by atoms with E-state index in [0.29, 0.717) is 17.8 Å². The molecular formula is C17H25NO2. The first-order chi connectivity index (χ1) is 9.58. The lowest BCUT2D eigenvalue weighted by Crippen LogP contribution is -2.55. The minimum Gasteiger partial charge on any atom is -0.387 e. The number of aliphatic hydroxyl groups excluding tert-OH is 1. The van der Waals surface area contributed by atoms with Crippen molar-refractivity contribution in [1.29, 1.82) is 0 Å². The summed E-state index contributed by atoms with van der Waals surface area (Å²) in [6.07, 6.45) is 10.7. The zero-order chi connectivity index (χ0) is 14.3. The Morgan fingerprint density at radius 2 is 2.25 bits per heavy atom. The van der Waals surface area contributed by atoms with E-state index in [1.54, 1.807) is 0 Å². The Morgan fingerprint density at radius 3 is 3.00 bits per heavy atom. The van der Waals surface area contributed by atoms with Crippen LogP contribution in [0.3, 0.4) is 0 Å². The molecule has 0 heterocycles. The Bertz CT molecular complexity index is 452. The van der Waals surface area contributed by atoms with Gasteiger partial charge < -0.3 is 10.4 Å². The van der Waals surface area contributed by atoms with Gasteiger partial charge in [-0.2, -0.15) is 0 Å². The number of nitrogens with one attached hydrogen (secondary N) is 1. The normalized spacial score (nSPS) is 39.2. The Labute approximate surface area is 121 Å². The highest BCUT2D eigenvalue weighted by atomic mass is 16.3. The quantitative estimate of drug-likeness (QED) is 0.760. The molecule has 0 spiro atoms. The second kappa shape index (κ2) is 5.36. The van der Waals surface area contributed by atoms with Gasteiger partial charge in [-0.15, -0.1) is 0 Å². The van der Waals surface area contributed by atoms with Crippen LogP contribution in [-0.4, -0.2) is 23.2 Å². The van der Waals surface area contributed by atoms with Crippen LogP contribution in [-0.2, 0) is 4.79 Å². The highest BCUT2D eigenvalue weighted by molar-refractivity contribution is 5.78. The molecule has 3 heteroatoms. The molecule has 3 rings (SSSR count). The molecule has 0 aromatic rings. The maximum atomic E-state index is 12.0. The fourth-order valence-electron chi connectivity index (χ4n) is 4.19. The standard InChI is InChI=1S/C17H25NO2/c1-10(2)17(20)18-16-13-8-4-6-11-5-3-7-12(15(11)13)9-14(16)19/h4,6,9-11,13-16,19H,3,5,7-8H2,1-2H3,(H,18,20)/t11-,13+,14?,15+,16+/m1/s1. The third-order valence-corrected chi connectivity index (χ3v) is 5.19. The molecule has 0 saturated heterocycles. The van der Waals surface area contributed by atoms with Crippen molar-refractivity contribution in [3.8, 4) is 0 Å². The second-order valence-corrected chi connectivity index (χ2v) is 6.83. The van der Waals surface area contributed by atoms with E-state index < -0.39 is 6.10 Å². The van der Waals surface area contributed by atoms with Gasteiger partial charge in [0.1, 0.15) is 0 Å². The number of aliphatic hydroxyl groups is 1. The second-order valence-electron chi connectivity index (χ2n) is 6.83. The van der Waals surface area contributed by atoms with Gasteiger partial charge >= 0.3 is 0 Å². The van der Waals surface area contributed by atoms with Crippen molar-refractivity contribution in [3.63, 3.8) is 0 Å². The molecule has 3 nitrogen and oxygen atoms in total. The molecule has 1 amide bonds. The van der Waals surface area contributed by atoms with Gasteiger partial charge in [0.25, 0.3) is 0 Å². The summed E-state index contributed by atoms with van der Waals surface area (Å²) in [5.74, 6) is 1.53. The lowest BCUT2D eigenvalue weighted by molar-refractivity contribution is -0.126. The summed E-state index contributed by atoms with van der Waals surface area (Å²) in [5.41, 5.74) is 1.43. The van der Waals surface area contributed by atoms with Gasteiger partial charge in [0.2, 0.25) is 5.91 Å². The monoisotopic (exact) mass is 275 g/mol. The van der Waals surface area contributed by atoms with E-state index in [1.807, 2.05) is 19.9 Å². The van der Waals surface area contributed by atoms with E-state index in [0.717, 1.165) is 12.8 Å². The van der Waals surface area contributed by atoms with Crippen molar-refractivity contribution >= 4 is 5.91 Å². The van der Waals surface area contributed by atoms with Crippen LogP contribution in [0, 0.1) is 23.7 Å². The number of carbonyl (C=O) groups is 1. The molecule has 3 aliphatic rings. The van der Waals surface area contributed by atoms with Crippen LogP contribution in [0.1, 0.15) is 39.5 Å². The summed E-state index contributed by atoms with van der Waals surface area (Å²) in [4.78, 5) is 12.0. The Morgan fingerprint density at radius 1 is 1.45 bits per heavy atom. The number of amides is 1. The lowest BCUT2D eigenvalue weighted by atomic mass is 9.60. The van der Waals surface area contributed by atoms with Crippen molar-refractivity contribution in [3.05, 3.63) is 23.8 Å². The van der Waals surface area contributed by atoms with Crippen LogP contribution < -0.4 is 5.32 Å². The third-order valence-electron chi connectivity index (χ3n) is 5.19. The topological polar surface area (TPSA) is 49.3 Å². The van der Waals surface area contributed by atoms with Crippen LogP contribution in [0.5, 0.6) is 0 Å². The molecule has 0 aromatic carbocycles. The highest BCUT2D eigenvalue weighted by Gasteiger charge is 2.45. The molecule has 0 aliphatic heterocycles. The Balaban J connectivity index is 1.87. The van der Waals surface area contributed by atoms with Crippen molar-refractivity contribution in [1.82, 2.24) is 5.32 Å². The first-order valence-electron chi connectivity index (χ1n) is 7.93. The highest BCUT2D eigenvalue weighted by Crippen LogP contribution is 2.48. The first kappa shape index (κ1) is 13.9. The molecule has 2 N–H and O–H groups in total. The number of hydrogen-bond donors (Lipinski definition) is 2. The zero-order valence-corrected chi connectivity index (χ0v) is 12.4. The maximum Gasteiger partial charge on any atom is 0.222 e. The molecule has 1 saturated carbocycles. The summed E-state index contributed by atoms with van der Waals surface area (Å²) in [6.45, 7) is 3.80. The van der Waals surface area contributed by atoms with Gasteiger partial charge in [-0.05, 0) is 43.4 Å². The minimum absolute atomic E-state index is 0.0335. The van der Waals surface area contributed by atoms with Gasteiger partial charge in [-0.25, -0.2) is 0 Å². The predicted octanol–water partition coefficient (Wildman–Crippen LogP) is 2.42. The van der Waals surface area contributed by atoms with Crippen LogP contribution in [0.2, 0.25) is 0 Å². The lowest BCUT2D eigenvalue weighted by Gasteiger charge is -2.48. The fourth-order valence-corrected chi connectivity index (χ4v) is 4.19. The van der Waals surface area contributed by atoms with Gasteiger partial charge in [0.15, 0.2) is 0 Å². The summed E-state index contributed by atoms with van der Waals surface area (Å²) in [6, 6.07) is -0.121. The van der Waals surface area contributed by atoms with E-state index in [4.69, 9.17) is 0 Å². The average Bonchev–Trinajstić information content (AvgIpc) is 2.43. The van der Waals surface area contributed by atoms with Crippen LogP contribution >= 0.6 is 0 Å². The van der Waals surface area contributed by atoms with Crippen molar-refractivity contribution in [2.24, 2.45) is 23.7 Å². The van der Waals surface area contributed by atoms with E-state index in [-0.39, 0.29) is 17.9 Å². The molecule has 0 radical (unpaired) electrons. The molecule has 5 atom stereocenters. The van der Waals surface area contributed by atoms with E-state index in [9.17, 15) is 9.90 Å². The molecule has 1 unspecified atom stereocenters. The van der Waals surface area contributed by atoms with Crippen molar-refractivity contribution in [2.75, 3.05) is 0 Å². The molecule has 3 aliphatic carbocycles. The van der Waals surface area contributed by atoms with Crippen LogP contribution in [0.25, 0.3) is 0 Å². The van der Waals surface area contributed by atoms with Gasteiger partial charge in [-0.3, -0.25) is 4.79 Å². The minimum atomic E-state index is -0.529.